The molecule has 1 aliphatic rings. The summed E-state index contributed by atoms with van der Waals surface area (Å²) in [7, 11) is 0. The van der Waals surface area contributed by atoms with Crippen LogP contribution in [0.4, 0.5) is 13.2 Å². The Hall–Kier alpha value is -4.06. The van der Waals surface area contributed by atoms with E-state index in [1.165, 1.54) is 80.5 Å². The van der Waals surface area contributed by atoms with Crippen molar-refractivity contribution in [3.05, 3.63) is 114 Å². The number of nitrogens with zero attached hydrogens (tertiary/aromatic N) is 1. The van der Waals surface area contributed by atoms with Gasteiger partial charge in [0.2, 0.25) is 0 Å². The van der Waals surface area contributed by atoms with E-state index in [0.29, 0.717) is 22.6 Å². The Bertz CT molecular complexity index is 2090. The van der Waals surface area contributed by atoms with Gasteiger partial charge < -0.3 is 5.11 Å². The number of halogens is 3. The predicted octanol–water partition coefficient (Wildman–Crippen LogP) is 11.3. The van der Waals surface area contributed by atoms with Crippen LogP contribution in [0.2, 0.25) is 0 Å². The van der Waals surface area contributed by atoms with Crippen molar-refractivity contribution in [2.24, 2.45) is 0 Å². The molecule has 0 spiro atoms. The number of pyridine rings is 1. The van der Waals surface area contributed by atoms with E-state index < -0.39 is 11.7 Å². The number of aliphatic hydroxyl groups is 1. The second-order valence-electron chi connectivity index (χ2n) is 11.8. The van der Waals surface area contributed by atoms with Gasteiger partial charge in [0.15, 0.2) is 5.78 Å². The van der Waals surface area contributed by atoms with Crippen LogP contribution in [0.3, 0.4) is 0 Å². The van der Waals surface area contributed by atoms with Crippen molar-refractivity contribution in [3.8, 4) is 11.3 Å². The second kappa shape index (κ2) is 13.7. The van der Waals surface area contributed by atoms with Gasteiger partial charge in [0.05, 0.1) is 5.76 Å². The average molecular weight is 797 g/mol. The minimum Gasteiger partial charge on any atom is -0.512 e. The number of carbonyl (C=O) groups excluding carboxylic acids is 1. The van der Waals surface area contributed by atoms with Gasteiger partial charge >= 0.3 is 6.18 Å². The van der Waals surface area contributed by atoms with Gasteiger partial charge in [-0.2, -0.15) is 13.2 Å². The van der Waals surface area contributed by atoms with Crippen LogP contribution in [0.15, 0.2) is 96.9 Å². The number of allylic oxidation sites excluding steroid dienone is 2. The molecule has 237 valence electrons. The van der Waals surface area contributed by atoms with Crippen molar-refractivity contribution in [1.29, 1.82) is 0 Å². The van der Waals surface area contributed by atoms with Gasteiger partial charge in [0, 0.05) is 38.1 Å². The van der Waals surface area contributed by atoms with Gasteiger partial charge in [0.1, 0.15) is 0 Å². The van der Waals surface area contributed by atoms with Crippen LogP contribution in [0.5, 0.6) is 0 Å². The Morgan fingerprint density at radius 1 is 0.826 bits per heavy atom. The van der Waals surface area contributed by atoms with Crippen molar-refractivity contribution in [2.75, 3.05) is 0 Å². The Labute approximate surface area is 279 Å². The maximum absolute atomic E-state index is 14.0. The Kier molecular flexibility index (Phi) is 9.95. The number of carbonyl (C=O) groups is 1. The molecule has 7 rings (SSSR count). The molecule has 1 radical (unpaired) electrons. The number of hydrogen-bond donors (Lipinski definition) is 1. The SMILES string of the molecule is CC(=O)/C=C(/C)O.FC(F)(F)c1cc(-c2nccc3c2ccc2c4ccc(C5CCCCC5)cc4ccc32)[c-]c2ccccc12.[Ir]. The summed E-state index contributed by atoms with van der Waals surface area (Å²) in [5.74, 6) is 0.585. The molecule has 0 unspecified atom stereocenters. The first-order chi connectivity index (χ1) is 21.6. The Balaban J connectivity index is 0.000000471. The summed E-state index contributed by atoms with van der Waals surface area (Å²) in [6.07, 6.45) is 4.86. The van der Waals surface area contributed by atoms with Crippen molar-refractivity contribution < 1.29 is 43.2 Å². The number of alkyl halides is 3. The van der Waals surface area contributed by atoms with Crippen LogP contribution in [-0.2, 0) is 31.1 Å². The number of hydrogen-bond acceptors (Lipinski definition) is 3. The van der Waals surface area contributed by atoms with Crippen LogP contribution in [0.25, 0.3) is 54.3 Å². The quantitative estimate of drug-likeness (QED) is 0.0840. The third-order valence-corrected chi connectivity index (χ3v) is 8.61. The molecule has 1 aliphatic carbocycles. The largest absolute Gasteiger partial charge is 0.512 e. The fourth-order valence-electron chi connectivity index (χ4n) is 6.62. The number of rotatable bonds is 3. The molecule has 5 aromatic carbocycles. The van der Waals surface area contributed by atoms with Crippen LogP contribution >= 0.6 is 0 Å². The average Bonchev–Trinajstić information content (AvgIpc) is 3.03. The van der Waals surface area contributed by atoms with Crippen LogP contribution < -0.4 is 0 Å². The third-order valence-electron chi connectivity index (χ3n) is 8.61. The normalized spacial score (nSPS) is 14.2. The van der Waals surface area contributed by atoms with E-state index in [2.05, 4.69) is 47.4 Å². The molecule has 0 aliphatic heterocycles. The topological polar surface area (TPSA) is 50.2 Å². The fraction of sp³-hybridized carbons (Fsp3) is 0.231. The van der Waals surface area contributed by atoms with Gasteiger partial charge in [-0.05, 0) is 82.1 Å². The summed E-state index contributed by atoms with van der Waals surface area (Å²) in [5.41, 5.74) is 1.62. The van der Waals surface area contributed by atoms with Crippen molar-refractivity contribution >= 4 is 48.9 Å². The Morgan fingerprint density at radius 2 is 1.48 bits per heavy atom. The zero-order valence-electron chi connectivity index (χ0n) is 25.5. The van der Waals surface area contributed by atoms with Gasteiger partial charge in [-0.3, -0.25) is 9.78 Å². The van der Waals surface area contributed by atoms with E-state index >= 15 is 0 Å². The molecule has 46 heavy (non-hydrogen) atoms. The van der Waals surface area contributed by atoms with Gasteiger partial charge in [0.25, 0.3) is 0 Å². The number of aliphatic hydroxyl groups excluding tert-OH is 1. The smallest absolute Gasteiger partial charge is 0.403 e. The number of aromatic nitrogens is 1. The summed E-state index contributed by atoms with van der Waals surface area (Å²) >= 11 is 0. The van der Waals surface area contributed by atoms with E-state index in [0.717, 1.165) is 21.5 Å². The Morgan fingerprint density at radius 3 is 2.17 bits per heavy atom. The van der Waals surface area contributed by atoms with Gasteiger partial charge in [-0.15, -0.1) is 23.6 Å². The van der Waals surface area contributed by atoms with Crippen LogP contribution in [-0.4, -0.2) is 15.9 Å². The fourth-order valence-corrected chi connectivity index (χ4v) is 6.62. The summed E-state index contributed by atoms with van der Waals surface area (Å²) in [4.78, 5) is 14.6. The summed E-state index contributed by atoms with van der Waals surface area (Å²) in [6, 6.07) is 28.1. The molecular weight excluding hydrogens is 764 g/mol. The zero-order chi connectivity index (χ0) is 31.7. The number of ketones is 1. The van der Waals surface area contributed by atoms with Crippen molar-refractivity contribution in [1.82, 2.24) is 4.98 Å². The molecule has 1 saturated carbocycles. The molecule has 0 amide bonds. The number of fused-ring (bicyclic) bond motifs is 6. The van der Waals surface area contributed by atoms with Crippen molar-refractivity contribution in [2.45, 2.75) is 58.0 Å². The first-order valence-corrected chi connectivity index (χ1v) is 15.2. The minimum absolute atomic E-state index is 0. The molecule has 1 N–H and O–H groups in total. The van der Waals surface area contributed by atoms with Crippen LogP contribution in [0, 0.1) is 6.07 Å². The first kappa shape index (κ1) is 33.3. The number of benzene rings is 5. The predicted molar refractivity (Wildman–Crippen MR) is 176 cm³/mol. The van der Waals surface area contributed by atoms with Gasteiger partial charge in [-0.1, -0.05) is 90.9 Å². The van der Waals surface area contributed by atoms with Gasteiger partial charge in [-0.25, -0.2) is 0 Å². The molecular formula is C39H33F3IrNO2-. The molecule has 1 aromatic heterocycles. The van der Waals surface area contributed by atoms with E-state index in [1.807, 2.05) is 12.1 Å². The summed E-state index contributed by atoms with van der Waals surface area (Å²) < 4.78 is 42.0. The maximum atomic E-state index is 14.0. The van der Waals surface area contributed by atoms with E-state index in [-0.39, 0.29) is 37.0 Å². The molecule has 0 atom stereocenters. The standard InChI is InChI=1S/C34H25F3N.C5H8O2.Ir/c35-34(36,37)32-20-25(19-23-8-4-5-9-27(23)32)33-31-15-14-28-26-12-10-22(21-6-2-1-3-7-21)18-24(26)11-13-29(28)30(31)16-17-38-33;1-4(6)3-5(2)7;/h4-5,8-18,20-21H,1-3,6-7H2;3,6H,1-2H3;/q-1;;/b;4-3-;. The molecule has 0 saturated heterocycles. The molecule has 0 bridgehead atoms. The molecule has 1 heterocycles. The molecule has 1 fully saturated rings. The van der Waals surface area contributed by atoms with Crippen LogP contribution in [0.1, 0.15) is 63.0 Å². The van der Waals surface area contributed by atoms with E-state index in [9.17, 15) is 18.0 Å². The molecule has 3 nitrogen and oxygen atoms in total. The van der Waals surface area contributed by atoms with E-state index in [4.69, 9.17) is 5.11 Å². The third kappa shape index (κ3) is 6.86. The van der Waals surface area contributed by atoms with Crippen molar-refractivity contribution in [3.63, 3.8) is 0 Å². The molecule has 7 heteroatoms. The van der Waals surface area contributed by atoms with E-state index in [1.54, 1.807) is 24.4 Å². The minimum atomic E-state index is -4.48. The summed E-state index contributed by atoms with van der Waals surface area (Å²) in [6.45, 7) is 2.85. The second-order valence-corrected chi connectivity index (χ2v) is 11.8. The monoisotopic (exact) mass is 797 g/mol. The zero-order valence-corrected chi connectivity index (χ0v) is 27.9. The summed E-state index contributed by atoms with van der Waals surface area (Å²) in [5, 5.41) is 15.4. The first-order valence-electron chi connectivity index (χ1n) is 15.2. The maximum Gasteiger partial charge on any atom is 0.403 e. The molecule has 6 aromatic rings.